The van der Waals surface area contributed by atoms with Crippen LogP contribution in [0.4, 0.5) is 20.2 Å². The highest BCUT2D eigenvalue weighted by Gasteiger charge is 2.14. The second-order valence-electron chi connectivity index (χ2n) is 5.01. The van der Waals surface area contributed by atoms with Gasteiger partial charge in [0.1, 0.15) is 17.0 Å². The third kappa shape index (κ3) is 2.37. The minimum Gasteiger partial charge on any atom is -0.352 e. The third-order valence-electron chi connectivity index (χ3n) is 3.54. The van der Waals surface area contributed by atoms with Crippen LogP contribution in [0.2, 0.25) is 0 Å². The molecule has 2 aromatic heterocycles. The molecule has 0 aliphatic carbocycles. The maximum atomic E-state index is 13.8. The van der Waals surface area contributed by atoms with Crippen LogP contribution in [0.5, 0.6) is 0 Å². The zero-order valence-corrected chi connectivity index (χ0v) is 12.3. The molecular formula is C15H12F2N4O2. The molecular weight excluding hydrogens is 306 g/mol. The molecule has 0 radical (unpaired) electrons. The summed E-state index contributed by atoms with van der Waals surface area (Å²) in [5, 5.41) is 2.80. The third-order valence-corrected chi connectivity index (χ3v) is 3.54. The van der Waals surface area contributed by atoms with Crippen molar-refractivity contribution in [1.82, 2.24) is 14.1 Å². The second kappa shape index (κ2) is 5.31. The number of aromatic nitrogens is 3. The summed E-state index contributed by atoms with van der Waals surface area (Å²) in [5.74, 6) is -1.29. The minimum atomic E-state index is -0.669. The molecule has 0 saturated heterocycles. The van der Waals surface area contributed by atoms with Gasteiger partial charge in [-0.05, 0) is 18.2 Å². The number of aryl methyl sites for hydroxylation is 1. The molecule has 8 heteroatoms. The van der Waals surface area contributed by atoms with E-state index in [4.69, 9.17) is 0 Å². The molecule has 0 bridgehead atoms. The molecule has 0 aliphatic rings. The molecule has 0 saturated carbocycles. The zero-order valence-electron chi connectivity index (χ0n) is 12.3. The zero-order chi connectivity index (χ0) is 16.7. The molecule has 0 spiro atoms. The van der Waals surface area contributed by atoms with Gasteiger partial charge in [-0.1, -0.05) is 0 Å². The van der Waals surface area contributed by atoms with E-state index in [0.29, 0.717) is 0 Å². The number of hydrogen-bond acceptors (Lipinski definition) is 4. The molecule has 0 unspecified atom stereocenters. The summed E-state index contributed by atoms with van der Waals surface area (Å²) < 4.78 is 29.2. The Morgan fingerprint density at radius 2 is 1.78 bits per heavy atom. The van der Waals surface area contributed by atoms with Crippen molar-refractivity contribution in [2.24, 2.45) is 14.1 Å². The van der Waals surface area contributed by atoms with Crippen molar-refractivity contribution >= 4 is 22.4 Å². The van der Waals surface area contributed by atoms with E-state index in [1.807, 2.05) is 0 Å². The van der Waals surface area contributed by atoms with Gasteiger partial charge in [-0.3, -0.25) is 13.9 Å². The molecule has 3 rings (SSSR count). The number of fused-ring (bicyclic) bond motifs is 1. The molecule has 1 aromatic carbocycles. The van der Waals surface area contributed by atoms with E-state index >= 15 is 0 Å². The highest BCUT2D eigenvalue weighted by atomic mass is 19.1. The molecule has 0 atom stereocenters. The fourth-order valence-corrected chi connectivity index (χ4v) is 2.33. The largest absolute Gasteiger partial charge is 0.352 e. The number of nitrogens with zero attached hydrogens (tertiary/aromatic N) is 3. The fraction of sp³-hybridized carbons (Fsp3) is 0.133. The fourth-order valence-electron chi connectivity index (χ4n) is 2.33. The smallest absolute Gasteiger partial charge is 0.332 e. The lowest BCUT2D eigenvalue weighted by Gasteiger charge is -2.12. The van der Waals surface area contributed by atoms with Crippen LogP contribution >= 0.6 is 0 Å². The van der Waals surface area contributed by atoms with Crippen molar-refractivity contribution in [1.29, 1.82) is 0 Å². The second-order valence-corrected chi connectivity index (χ2v) is 5.01. The lowest BCUT2D eigenvalue weighted by Crippen LogP contribution is -2.37. The van der Waals surface area contributed by atoms with Crippen LogP contribution in [0.25, 0.3) is 11.0 Å². The van der Waals surface area contributed by atoms with Crippen molar-refractivity contribution in [2.45, 2.75) is 0 Å². The van der Waals surface area contributed by atoms with Gasteiger partial charge in [-0.25, -0.2) is 18.6 Å². The molecule has 118 valence electrons. The van der Waals surface area contributed by atoms with Gasteiger partial charge in [0.2, 0.25) is 0 Å². The molecule has 6 nitrogen and oxygen atoms in total. The Labute approximate surface area is 128 Å². The molecule has 1 N–H and O–H groups in total. The van der Waals surface area contributed by atoms with Gasteiger partial charge in [-0.2, -0.15) is 0 Å². The standard InChI is InChI=1S/C15H12F2N4O2/c1-20-13-12(14(22)21(2)15(20)23)10(5-6-18-13)19-11-7-8(16)3-4-9(11)17/h3-7H,1-2H3,(H,18,19). The van der Waals surface area contributed by atoms with Crippen LogP contribution in [0.1, 0.15) is 0 Å². The van der Waals surface area contributed by atoms with Crippen molar-refractivity contribution in [2.75, 3.05) is 5.32 Å². The summed E-state index contributed by atoms with van der Waals surface area (Å²) >= 11 is 0. The molecule has 23 heavy (non-hydrogen) atoms. The van der Waals surface area contributed by atoms with Gasteiger partial charge in [0.05, 0.1) is 11.4 Å². The van der Waals surface area contributed by atoms with E-state index in [9.17, 15) is 18.4 Å². The summed E-state index contributed by atoms with van der Waals surface area (Å²) in [6, 6.07) is 4.41. The Morgan fingerprint density at radius 1 is 1.04 bits per heavy atom. The first-order valence-corrected chi connectivity index (χ1v) is 6.67. The predicted octanol–water partition coefficient (Wildman–Crippen LogP) is 1.65. The Bertz CT molecular complexity index is 1040. The van der Waals surface area contributed by atoms with Crippen molar-refractivity contribution in [3.63, 3.8) is 0 Å². The lowest BCUT2D eigenvalue weighted by molar-refractivity contribution is 0.603. The SMILES string of the molecule is Cn1c(=O)c2c(Nc3cc(F)ccc3F)ccnc2n(C)c1=O. The van der Waals surface area contributed by atoms with E-state index in [0.717, 1.165) is 22.8 Å². The highest BCUT2D eigenvalue weighted by molar-refractivity contribution is 5.90. The van der Waals surface area contributed by atoms with Gasteiger partial charge >= 0.3 is 5.69 Å². The van der Waals surface area contributed by atoms with E-state index in [-0.39, 0.29) is 22.4 Å². The van der Waals surface area contributed by atoms with Crippen LogP contribution in [-0.4, -0.2) is 14.1 Å². The van der Waals surface area contributed by atoms with Gasteiger partial charge in [0.15, 0.2) is 5.65 Å². The summed E-state index contributed by atoms with van der Waals surface area (Å²) in [6.45, 7) is 0. The molecule has 0 amide bonds. The predicted molar refractivity (Wildman–Crippen MR) is 81.9 cm³/mol. The minimum absolute atomic E-state index is 0.112. The average molecular weight is 318 g/mol. The first-order chi connectivity index (χ1) is 10.9. The van der Waals surface area contributed by atoms with Crippen LogP contribution in [0, 0.1) is 11.6 Å². The molecule has 3 aromatic rings. The highest BCUT2D eigenvalue weighted by Crippen LogP contribution is 2.24. The van der Waals surface area contributed by atoms with Gasteiger partial charge in [0, 0.05) is 26.4 Å². The number of benzene rings is 1. The van der Waals surface area contributed by atoms with Crippen LogP contribution in [0.15, 0.2) is 40.1 Å². The van der Waals surface area contributed by atoms with Crippen molar-refractivity contribution in [3.05, 3.63) is 62.9 Å². The van der Waals surface area contributed by atoms with E-state index in [1.165, 1.54) is 30.9 Å². The van der Waals surface area contributed by atoms with Gasteiger partial charge in [-0.15, -0.1) is 0 Å². The first kappa shape index (κ1) is 14.9. The molecule has 2 heterocycles. The number of halogens is 2. The average Bonchev–Trinajstić information content (AvgIpc) is 2.54. The monoisotopic (exact) mass is 318 g/mol. The Kier molecular flexibility index (Phi) is 3.44. The summed E-state index contributed by atoms with van der Waals surface area (Å²) in [6.07, 6.45) is 1.38. The molecule has 0 aliphatic heterocycles. The first-order valence-electron chi connectivity index (χ1n) is 6.67. The van der Waals surface area contributed by atoms with E-state index < -0.39 is 22.9 Å². The topological polar surface area (TPSA) is 68.9 Å². The van der Waals surface area contributed by atoms with E-state index in [1.54, 1.807) is 0 Å². The number of pyridine rings is 1. The Hall–Kier alpha value is -3.03. The van der Waals surface area contributed by atoms with Gasteiger partial charge in [0.25, 0.3) is 5.56 Å². The van der Waals surface area contributed by atoms with Crippen LogP contribution in [-0.2, 0) is 14.1 Å². The number of rotatable bonds is 2. The Morgan fingerprint density at radius 3 is 2.52 bits per heavy atom. The number of anilines is 2. The van der Waals surface area contributed by atoms with Gasteiger partial charge < -0.3 is 5.32 Å². The van der Waals surface area contributed by atoms with Crippen LogP contribution in [0.3, 0.4) is 0 Å². The van der Waals surface area contributed by atoms with E-state index in [2.05, 4.69) is 10.3 Å². The summed E-state index contributed by atoms with van der Waals surface area (Å²) in [5.41, 5.74) is -0.830. The van der Waals surface area contributed by atoms with Crippen LogP contribution < -0.4 is 16.6 Å². The summed E-state index contributed by atoms with van der Waals surface area (Å²) in [7, 11) is 2.81. The molecule has 0 fully saturated rings. The Balaban J connectivity index is 2.29. The lowest BCUT2D eigenvalue weighted by atomic mass is 10.2. The van der Waals surface area contributed by atoms with Crippen molar-refractivity contribution < 1.29 is 8.78 Å². The maximum absolute atomic E-state index is 13.8. The number of nitrogens with one attached hydrogen (secondary N) is 1. The quantitative estimate of drug-likeness (QED) is 0.780. The number of hydrogen-bond donors (Lipinski definition) is 1. The van der Waals surface area contributed by atoms with Crippen molar-refractivity contribution in [3.8, 4) is 0 Å². The maximum Gasteiger partial charge on any atom is 0.332 e. The summed E-state index contributed by atoms with van der Waals surface area (Å²) in [4.78, 5) is 28.3. The normalized spacial score (nSPS) is 11.0.